The van der Waals surface area contributed by atoms with Gasteiger partial charge in [0.1, 0.15) is 0 Å². The number of methoxy groups -OCH3 is 1. The Morgan fingerprint density at radius 1 is 1.33 bits per heavy atom. The number of esters is 1. The van der Waals surface area contributed by atoms with Crippen molar-refractivity contribution < 1.29 is 14.3 Å². The molecule has 0 atom stereocenters. The largest absolute Gasteiger partial charge is 0.466 e. The van der Waals surface area contributed by atoms with Gasteiger partial charge in [-0.15, -0.1) is 4.37 Å². The Balaban J connectivity index is 1.96. The van der Waals surface area contributed by atoms with Crippen molar-refractivity contribution in [1.29, 1.82) is 0 Å². The lowest BCUT2D eigenvalue weighted by atomic mass is 10.3. The number of carbonyl (C=O) groups is 1. The Labute approximate surface area is 110 Å². The summed E-state index contributed by atoms with van der Waals surface area (Å²) in [7, 11) is 3.41. The minimum atomic E-state index is -0.424. The summed E-state index contributed by atoms with van der Waals surface area (Å²) in [5.74, 6) is 0.708. The normalized spacial score (nSPS) is 16.7. The predicted octanol–water partition coefficient (Wildman–Crippen LogP) is -0.158. The summed E-state index contributed by atoms with van der Waals surface area (Å²) in [4.78, 5) is 15.4. The lowest BCUT2D eigenvalue weighted by Gasteiger charge is -2.32. The Bertz CT molecular complexity index is 404. The number of anilines is 1. The van der Waals surface area contributed by atoms with Gasteiger partial charge in [0, 0.05) is 26.2 Å². The summed E-state index contributed by atoms with van der Waals surface area (Å²) < 4.78 is 18.1. The molecule has 2 rings (SSSR count). The average molecular weight is 272 g/mol. The molecule has 2 heterocycles. The quantitative estimate of drug-likeness (QED) is 0.706. The predicted molar refractivity (Wildman–Crippen MR) is 67.1 cm³/mol. The molecule has 0 saturated carbocycles. The number of carbonyl (C=O) groups excluding carboxylic acids is 1. The molecule has 0 bridgehead atoms. The van der Waals surface area contributed by atoms with E-state index in [1.165, 1.54) is 7.11 Å². The van der Waals surface area contributed by atoms with Gasteiger partial charge < -0.3 is 19.3 Å². The van der Waals surface area contributed by atoms with E-state index in [0.717, 1.165) is 43.7 Å². The van der Waals surface area contributed by atoms with Gasteiger partial charge in [0.15, 0.2) is 6.61 Å². The second-order valence-electron chi connectivity index (χ2n) is 4.05. The zero-order chi connectivity index (χ0) is 13.0. The lowest BCUT2D eigenvalue weighted by molar-refractivity contribution is -0.142. The standard InChI is InChI=1S/C10H16N4O3S/c1-13-3-5-14(6-4-13)9-10(12-18-11-9)17-7-8(15)16-2/h3-7H2,1-2H3. The van der Waals surface area contributed by atoms with Gasteiger partial charge in [-0.1, -0.05) is 0 Å². The van der Waals surface area contributed by atoms with Crippen molar-refractivity contribution in [2.45, 2.75) is 0 Å². The lowest BCUT2D eigenvalue weighted by Crippen LogP contribution is -2.44. The van der Waals surface area contributed by atoms with Gasteiger partial charge in [-0.2, -0.15) is 4.37 Å². The van der Waals surface area contributed by atoms with E-state index < -0.39 is 5.97 Å². The molecule has 0 N–H and O–H groups in total. The van der Waals surface area contributed by atoms with E-state index in [1.807, 2.05) is 0 Å². The van der Waals surface area contributed by atoms with Crippen LogP contribution in [0.5, 0.6) is 5.88 Å². The third-order valence-corrected chi connectivity index (χ3v) is 3.30. The molecule has 7 nitrogen and oxygen atoms in total. The highest BCUT2D eigenvalue weighted by Gasteiger charge is 2.21. The minimum Gasteiger partial charge on any atom is -0.466 e. The molecular weight excluding hydrogens is 256 g/mol. The number of likely N-dealkylation sites (N-methyl/N-ethyl adjacent to an activating group) is 1. The number of rotatable bonds is 4. The van der Waals surface area contributed by atoms with Crippen molar-refractivity contribution in [3.8, 4) is 5.88 Å². The monoisotopic (exact) mass is 272 g/mol. The molecule has 0 spiro atoms. The number of hydrogen-bond donors (Lipinski definition) is 0. The highest BCUT2D eigenvalue weighted by atomic mass is 32.1. The molecule has 0 unspecified atom stereocenters. The van der Waals surface area contributed by atoms with Crippen LogP contribution in [0.25, 0.3) is 0 Å². The summed E-state index contributed by atoms with van der Waals surface area (Å²) in [6.07, 6.45) is 0. The van der Waals surface area contributed by atoms with Crippen molar-refractivity contribution in [1.82, 2.24) is 13.6 Å². The van der Waals surface area contributed by atoms with Gasteiger partial charge in [0.05, 0.1) is 18.8 Å². The van der Waals surface area contributed by atoms with E-state index in [0.29, 0.717) is 5.88 Å². The summed E-state index contributed by atoms with van der Waals surface area (Å²) in [6, 6.07) is 0. The van der Waals surface area contributed by atoms with Crippen molar-refractivity contribution >= 4 is 23.5 Å². The Hall–Kier alpha value is -1.41. The van der Waals surface area contributed by atoms with Crippen LogP contribution in [0, 0.1) is 0 Å². The molecule has 1 fully saturated rings. The van der Waals surface area contributed by atoms with Crippen molar-refractivity contribution in [2.24, 2.45) is 0 Å². The fourth-order valence-corrected chi connectivity index (χ4v) is 2.18. The first-order valence-corrected chi connectivity index (χ1v) is 6.39. The molecule has 8 heteroatoms. The van der Waals surface area contributed by atoms with Crippen LogP contribution in [-0.4, -0.2) is 66.6 Å². The van der Waals surface area contributed by atoms with Crippen LogP contribution in [-0.2, 0) is 9.53 Å². The van der Waals surface area contributed by atoms with Crippen molar-refractivity contribution in [3.63, 3.8) is 0 Å². The van der Waals surface area contributed by atoms with E-state index in [9.17, 15) is 4.79 Å². The maximum atomic E-state index is 11.0. The number of ether oxygens (including phenoxy) is 2. The number of piperazine rings is 1. The fraction of sp³-hybridized carbons (Fsp3) is 0.700. The van der Waals surface area contributed by atoms with E-state index in [2.05, 4.69) is 30.3 Å². The zero-order valence-corrected chi connectivity index (χ0v) is 11.3. The molecule has 1 aliphatic heterocycles. The third-order valence-electron chi connectivity index (χ3n) is 2.80. The van der Waals surface area contributed by atoms with Gasteiger partial charge in [0.25, 0.3) is 5.88 Å². The second-order valence-corrected chi connectivity index (χ2v) is 4.58. The number of nitrogens with zero attached hydrogens (tertiary/aromatic N) is 4. The maximum absolute atomic E-state index is 11.0. The number of aromatic nitrogens is 2. The Morgan fingerprint density at radius 3 is 2.72 bits per heavy atom. The summed E-state index contributed by atoms with van der Waals surface area (Å²) in [6.45, 7) is 3.59. The molecular formula is C10H16N4O3S. The second kappa shape index (κ2) is 5.96. The first-order chi connectivity index (χ1) is 8.70. The van der Waals surface area contributed by atoms with Gasteiger partial charge in [-0.3, -0.25) is 0 Å². The SMILES string of the molecule is COC(=O)COc1nsnc1N1CCN(C)CC1. The molecule has 100 valence electrons. The molecule has 1 aromatic rings. The highest BCUT2D eigenvalue weighted by Crippen LogP contribution is 2.26. The summed E-state index contributed by atoms with van der Waals surface area (Å²) >= 11 is 1.09. The molecule has 18 heavy (non-hydrogen) atoms. The van der Waals surface area contributed by atoms with Gasteiger partial charge >= 0.3 is 5.97 Å². The van der Waals surface area contributed by atoms with Crippen LogP contribution >= 0.6 is 11.7 Å². The molecule has 1 aromatic heterocycles. The summed E-state index contributed by atoms with van der Waals surface area (Å²) in [5, 5.41) is 0. The van der Waals surface area contributed by atoms with Crippen LogP contribution in [0.15, 0.2) is 0 Å². The highest BCUT2D eigenvalue weighted by molar-refractivity contribution is 6.99. The topological polar surface area (TPSA) is 67.8 Å². The molecule has 1 aliphatic rings. The van der Waals surface area contributed by atoms with E-state index in [1.54, 1.807) is 0 Å². The summed E-state index contributed by atoms with van der Waals surface area (Å²) in [5.41, 5.74) is 0. The van der Waals surface area contributed by atoms with Crippen LogP contribution in [0.3, 0.4) is 0 Å². The molecule has 0 aromatic carbocycles. The van der Waals surface area contributed by atoms with E-state index in [4.69, 9.17) is 4.74 Å². The smallest absolute Gasteiger partial charge is 0.343 e. The molecule has 0 radical (unpaired) electrons. The Kier molecular flexibility index (Phi) is 4.32. The first kappa shape index (κ1) is 13.0. The average Bonchev–Trinajstić information content (AvgIpc) is 2.85. The maximum Gasteiger partial charge on any atom is 0.343 e. The van der Waals surface area contributed by atoms with E-state index >= 15 is 0 Å². The zero-order valence-electron chi connectivity index (χ0n) is 10.5. The molecule has 1 saturated heterocycles. The van der Waals surface area contributed by atoms with Crippen LogP contribution < -0.4 is 9.64 Å². The van der Waals surface area contributed by atoms with Crippen LogP contribution in [0.1, 0.15) is 0 Å². The minimum absolute atomic E-state index is 0.136. The molecule has 0 aliphatic carbocycles. The van der Waals surface area contributed by atoms with Crippen LogP contribution in [0.2, 0.25) is 0 Å². The van der Waals surface area contributed by atoms with Gasteiger partial charge in [-0.25, -0.2) is 4.79 Å². The van der Waals surface area contributed by atoms with Crippen molar-refractivity contribution in [3.05, 3.63) is 0 Å². The van der Waals surface area contributed by atoms with E-state index in [-0.39, 0.29) is 6.61 Å². The Morgan fingerprint density at radius 2 is 2.06 bits per heavy atom. The molecule has 0 amide bonds. The first-order valence-electron chi connectivity index (χ1n) is 5.66. The van der Waals surface area contributed by atoms with Gasteiger partial charge in [-0.05, 0) is 7.05 Å². The van der Waals surface area contributed by atoms with Gasteiger partial charge in [0.2, 0.25) is 5.82 Å². The third kappa shape index (κ3) is 3.08. The fourth-order valence-electron chi connectivity index (χ4n) is 1.66. The van der Waals surface area contributed by atoms with Crippen molar-refractivity contribution in [2.75, 3.05) is 51.8 Å². The number of hydrogen-bond acceptors (Lipinski definition) is 8. The van der Waals surface area contributed by atoms with Crippen LogP contribution in [0.4, 0.5) is 5.82 Å².